The maximum Gasteiger partial charge on any atom is 0.164 e. The van der Waals surface area contributed by atoms with Gasteiger partial charge in [-0.15, -0.1) is 0 Å². The first-order valence-electron chi connectivity index (χ1n) is 25.0. The first-order valence-corrected chi connectivity index (χ1v) is 25.0. The van der Waals surface area contributed by atoms with E-state index in [4.69, 9.17) is 15.0 Å². The van der Waals surface area contributed by atoms with E-state index in [1.165, 1.54) is 60.1 Å². The van der Waals surface area contributed by atoms with Gasteiger partial charge in [0.2, 0.25) is 0 Å². The van der Waals surface area contributed by atoms with E-state index in [1.807, 2.05) is 36.4 Å². The van der Waals surface area contributed by atoms with Gasteiger partial charge in [0.05, 0.1) is 5.56 Å². The van der Waals surface area contributed by atoms with E-state index in [-0.39, 0.29) is 0 Å². The summed E-state index contributed by atoms with van der Waals surface area (Å²) in [7, 11) is 0. The minimum absolute atomic E-state index is 0.585. The molecule has 0 amide bonds. The van der Waals surface area contributed by atoms with Gasteiger partial charge >= 0.3 is 0 Å². The molecule has 14 rings (SSSR count). The predicted molar refractivity (Wildman–Crippen MR) is 305 cm³/mol. The van der Waals surface area contributed by atoms with E-state index in [0.717, 1.165) is 66.8 Å². The Morgan fingerprint density at radius 3 is 1.36 bits per heavy atom. The van der Waals surface area contributed by atoms with Crippen LogP contribution in [0, 0.1) is 11.3 Å². The highest BCUT2D eigenvalue weighted by atomic mass is 15.0. The smallest absolute Gasteiger partial charge is 0.164 e. The quantitative estimate of drug-likeness (QED) is 0.142. The van der Waals surface area contributed by atoms with Gasteiger partial charge in [0.1, 0.15) is 6.07 Å². The van der Waals surface area contributed by atoms with Crippen molar-refractivity contribution in [3.05, 3.63) is 260 Å². The monoisotopic (exact) mass is 938 g/mol. The molecular formula is C70H42N4. The van der Waals surface area contributed by atoms with E-state index < -0.39 is 0 Å². The molecule has 0 bridgehead atoms. The maximum atomic E-state index is 10.9. The zero-order valence-corrected chi connectivity index (χ0v) is 40.0. The highest BCUT2D eigenvalue weighted by Crippen LogP contribution is 2.48. The number of fused-ring (bicyclic) bond motifs is 6. The van der Waals surface area contributed by atoms with E-state index in [2.05, 4.69) is 224 Å². The summed E-state index contributed by atoms with van der Waals surface area (Å²) in [4.78, 5) is 15.3. The zero-order chi connectivity index (χ0) is 49.1. The number of benzene rings is 12. The van der Waals surface area contributed by atoms with Crippen molar-refractivity contribution in [3.8, 4) is 118 Å². The molecule has 0 unspecified atom stereocenters. The molecule has 342 valence electrons. The van der Waals surface area contributed by atoms with Crippen LogP contribution in [0.1, 0.15) is 5.56 Å². The molecule has 0 spiro atoms. The van der Waals surface area contributed by atoms with Gasteiger partial charge in [0.15, 0.2) is 17.5 Å². The Morgan fingerprint density at radius 2 is 0.676 bits per heavy atom. The lowest BCUT2D eigenvalue weighted by Crippen LogP contribution is -2.00. The van der Waals surface area contributed by atoms with Crippen molar-refractivity contribution >= 4 is 32.3 Å². The Bertz CT molecular complexity index is 4430. The van der Waals surface area contributed by atoms with E-state index in [0.29, 0.717) is 23.0 Å². The van der Waals surface area contributed by atoms with Crippen LogP contribution in [-0.2, 0) is 0 Å². The summed E-state index contributed by atoms with van der Waals surface area (Å²) in [5.74, 6) is 1.79. The Labute approximate surface area is 428 Å². The molecule has 0 saturated carbocycles. The van der Waals surface area contributed by atoms with E-state index >= 15 is 0 Å². The van der Waals surface area contributed by atoms with Crippen LogP contribution in [0.15, 0.2) is 255 Å². The fraction of sp³-hybridized carbons (Fsp3) is 0. The second-order valence-electron chi connectivity index (χ2n) is 19.0. The highest BCUT2D eigenvalue weighted by Gasteiger charge is 2.22. The lowest BCUT2D eigenvalue weighted by molar-refractivity contribution is 1.07. The van der Waals surface area contributed by atoms with E-state index in [9.17, 15) is 5.26 Å². The SMILES string of the molecule is N#Cc1c(-c2cccc(-c3cccc(-c4nc(-c5ccccc5)nc(-c5ccc(-c6ccc7c(c6)-c6cccc8cccc-7c68)cc5)n4)c3)c2)cccc1-c1cccc(-c2cc3ccccc3c3ccccc23)c1. The normalized spacial score (nSPS) is 11.5. The third kappa shape index (κ3) is 7.34. The molecule has 0 N–H and O–H groups in total. The van der Waals surface area contributed by atoms with Gasteiger partial charge in [-0.2, -0.15) is 5.26 Å². The molecule has 4 nitrogen and oxygen atoms in total. The number of nitriles is 1. The molecule has 1 heterocycles. The minimum Gasteiger partial charge on any atom is -0.208 e. The topological polar surface area (TPSA) is 62.5 Å². The number of rotatable bonds is 8. The number of aromatic nitrogens is 3. The molecule has 1 aliphatic carbocycles. The molecule has 0 atom stereocenters. The standard InChI is InChI=1S/C70H42N4/c71-43-66-57(28-13-29-58(66)52-22-10-23-53(40-52)64-42-54-16-4-5-25-56(54)59-26-6-7-27-60(59)64)51-21-8-19-48(38-51)49-20-9-24-55(39-49)70-73-68(46-14-2-1-3-15-46)72-69(74-70)47-34-32-44(33-35-47)50-36-37-61-62-30-11-17-45-18-12-31-63(67(45)62)65(61)41-50/h1-42H. The van der Waals surface area contributed by atoms with Crippen LogP contribution in [0.3, 0.4) is 0 Å². The minimum atomic E-state index is 0.585. The predicted octanol–water partition coefficient (Wildman–Crippen LogP) is 18.2. The number of hydrogen-bond acceptors (Lipinski definition) is 4. The summed E-state index contributed by atoms with van der Waals surface area (Å²) in [5, 5.41) is 18.4. The Morgan fingerprint density at radius 1 is 0.243 bits per heavy atom. The molecule has 0 aliphatic heterocycles. The molecule has 0 saturated heterocycles. The van der Waals surface area contributed by atoms with Gasteiger partial charge in [0, 0.05) is 27.8 Å². The third-order valence-corrected chi connectivity index (χ3v) is 14.7. The van der Waals surface area contributed by atoms with Gasteiger partial charge in [-0.05, 0) is 129 Å². The summed E-state index contributed by atoms with van der Waals surface area (Å²) < 4.78 is 0. The molecule has 12 aromatic carbocycles. The van der Waals surface area contributed by atoms with Crippen molar-refractivity contribution in [2.45, 2.75) is 0 Å². The molecule has 4 heteroatoms. The molecule has 74 heavy (non-hydrogen) atoms. The number of nitrogens with zero attached hydrogens (tertiary/aromatic N) is 4. The average Bonchev–Trinajstić information content (AvgIpc) is 3.82. The molecule has 1 aliphatic rings. The fourth-order valence-corrected chi connectivity index (χ4v) is 11.1. The Balaban J connectivity index is 0.793. The highest BCUT2D eigenvalue weighted by molar-refractivity contribution is 6.16. The first-order chi connectivity index (χ1) is 36.6. The molecular weight excluding hydrogens is 897 g/mol. The van der Waals surface area contributed by atoms with Gasteiger partial charge in [-0.25, -0.2) is 15.0 Å². The zero-order valence-electron chi connectivity index (χ0n) is 40.0. The first kappa shape index (κ1) is 42.8. The Kier molecular flexibility index (Phi) is 10.2. The fourth-order valence-electron chi connectivity index (χ4n) is 11.1. The summed E-state index contributed by atoms with van der Waals surface area (Å²) in [6.45, 7) is 0. The van der Waals surface area contributed by atoms with Crippen molar-refractivity contribution in [2.24, 2.45) is 0 Å². The van der Waals surface area contributed by atoms with Crippen LogP contribution in [0.4, 0.5) is 0 Å². The molecule has 0 fully saturated rings. The van der Waals surface area contributed by atoms with Crippen LogP contribution < -0.4 is 0 Å². The number of hydrogen-bond donors (Lipinski definition) is 0. The average molecular weight is 939 g/mol. The van der Waals surface area contributed by atoms with Crippen molar-refractivity contribution in [1.82, 2.24) is 15.0 Å². The maximum absolute atomic E-state index is 10.9. The van der Waals surface area contributed by atoms with Crippen LogP contribution in [0.5, 0.6) is 0 Å². The molecule has 13 aromatic rings. The van der Waals surface area contributed by atoms with Crippen LogP contribution in [0.2, 0.25) is 0 Å². The summed E-state index contributed by atoms with van der Waals surface area (Å²) >= 11 is 0. The summed E-state index contributed by atoms with van der Waals surface area (Å²) in [6, 6.07) is 92.3. The Hall–Kier alpha value is -10.1. The van der Waals surface area contributed by atoms with Gasteiger partial charge in [-0.1, -0.05) is 224 Å². The lowest BCUT2D eigenvalue weighted by Gasteiger charge is -2.14. The summed E-state index contributed by atoms with van der Waals surface area (Å²) in [5.41, 5.74) is 18.8. The van der Waals surface area contributed by atoms with Gasteiger partial charge in [-0.3, -0.25) is 0 Å². The van der Waals surface area contributed by atoms with Gasteiger partial charge < -0.3 is 0 Å². The van der Waals surface area contributed by atoms with Crippen molar-refractivity contribution in [1.29, 1.82) is 5.26 Å². The van der Waals surface area contributed by atoms with Crippen LogP contribution >= 0.6 is 0 Å². The summed E-state index contributed by atoms with van der Waals surface area (Å²) in [6.07, 6.45) is 0. The second-order valence-corrected chi connectivity index (χ2v) is 19.0. The largest absolute Gasteiger partial charge is 0.208 e. The molecule has 0 radical (unpaired) electrons. The van der Waals surface area contributed by atoms with Gasteiger partial charge in [0.25, 0.3) is 0 Å². The van der Waals surface area contributed by atoms with Crippen molar-refractivity contribution < 1.29 is 0 Å². The van der Waals surface area contributed by atoms with Crippen molar-refractivity contribution in [2.75, 3.05) is 0 Å². The van der Waals surface area contributed by atoms with Crippen molar-refractivity contribution in [3.63, 3.8) is 0 Å². The lowest BCUT2D eigenvalue weighted by atomic mass is 9.89. The van der Waals surface area contributed by atoms with E-state index in [1.54, 1.807) is 0 Å². The second kappa shape index (κ2) is 17.6. The van der Waals surface area contributed by atoms with Crippen LogP contribution in [0.25, 0.3) is 144 Å². The molecule has 1 aromatic heterocycles. The van der Waals surface area contributed by atoms with Crippen LogP contribution in [-0.4, -0.2) is 15.0 Å². The third-order valence-electron chi connectivity index (χ3n) is 14.7.